The summed E-state index contributed by atoms with van der Waals surface area (Å²) in [6, 6.07) is 19.8. The van der Waals surface area contributed by atoms with E-state index in [-0.39, 0.29) is 5.56 Å². The predicted molar refractivity (Wildman–Crippen MR) is 138 cm³/mol. The van der Waals surface area contributed by atoms with Gasteiger partial charge in [0.15, 0.2) is 0 Å². The molecule has 0 radical (unpaired) electrons. The van der Waals surface area contributed by atoms with Gasteiger partial charge in [-0.3, -0.25) is 0 Å². The number of hydrogen-bond donors (Lipinski definition) is 3. The number of carboxylic acids is 1. The molecular formula is C26H25N7O3. The maximum Gasteiger partial charge on any atom is 0.336 e. The van der Waals surface area contributed by atoms with Crippen molar-refractivity contribution in [2.24, 2.45) is 5.10 Å². The van der Waals surface area contributed by atoms with E-state index in [0.29, 0.717) is 34.9 Å². The first-order valence-electron chi connectivity index (χ1n) is 11.7. The van der Waals surface area contributed by atoms with Gasteiger partial charge in [0.25, 0.3) is 0 Å². The Morgan fingerprint density at radius 1 is 0.917 bits per heavy atom. The van der Waals surface area contributed by atoms with E-state index in [9.17, 15) is 9.90 Å². The topological polar surface area (TPSA) is 129 Å². The molecule has 0 aliphatic carbocycles. The Morgan fingerprint density at radius 2 is 1.67 bits per heavy atom. The number of piperidine rings is 1. The van der Waals surface area contributed by atoms with Crippen LogP contribution in [0.5, 0.6) is 0 Å². The van der Waals surface area contributed by atoms with Crippen LogP contribution in [0.15, 0.2) is 76.2 Å². The SMILES string of the molecule is O=C(O)c1ccccc1-c1ccc(C=NNc2nc(Nc3ccccc3)nc(N3CCCCC3)n2)o1. The first kappa shape index (κ1) is 23.0. The second-order valence-corrected chi connectivity index (χ2v) is 8.24. The van der Waals surface area contributed by atoms with Crippen LogP contribution in [-0.4, -0.2) is 45.3 Å². The highest BCUT2D eigenvalue weighted by atomic mass is 16.4. The third-order valence-electron chi connectivity index (χ3n) is 5.70. The van der Waals surface area contributed by atoms with Crippen molar-refractivity contribution in [3.63, 3.8) is 0 Å². The monoisotopic (exact) mass is 483 g/mol. The smallest absolute Gasteiger partial charge is 0.336 e. The van der Waals surface area contributed by atoms with Gasteiger partial charge in [-0.2, -0.15) is 20.1 Å². The van der Waals surface area contributed by atoms with Gasteiger partial charge in [-0.15, -0.1) is 0 Å². The fourth-order valence-corrected chi connectivity index (χ4v) is 3.96. The van der Waals surface area contributed by atoms with Gasteiger partial charge in [0, 0.05) is 24.3 Å². The van der Waals surface area contributed by atoms with E-state index >= 15 is 0 Å². The molecule has 182 valence electrons. The maximum absolute atomic E-state index is 11.5. The van der Waals surface area contributed by atoms with Crippen LogP contribution in [0, 0.1) is 0 Å². The quantitative estimate of drug-likeness (QED) is 0.234. The molecule has 3 heterocycles. The first-order valence-corrected chi connectivity index (χ1v) is 11.7. The highest BCUT2D eigenvalue weighted by molar-refractivity contribution is 5.95. The molecular weight excluding hydrogens is 458 g/mol. The van der Waals surface area contributed by atoms with Crippen LogP contribution in [0.2, 0.25) is 0 Å². The van der Waals surface area contributed by atoms with Crippen LogP contribution in [0.25, 0.3) is 11.3 Å². The molecule has 0 amide bonds. The van der Waals surface area contributed by atoms with Gasteiger partial charge < -0.3 is 19.7 Å². The lowest BCUT2D eigenvalue weighted by Crippen LogP contribution is -2.31. The van der Waals surface area contributed by atoms with Crippen molar-refractivity contribution in [3.8, 4) is 11.3 Å². The molecule has 0 atom stereocenters. The molecule has 10 heteroatoms. The van der Waals surface area contributed by atoms with Crippen molar-refractivity contribution in [2.45, 2.75) is 19.3 Å². The summed E-state index contributed by atoms with van der Waals surface area (Å²) >= 11 is 0. The molecule has 2 aromatic heterocycles. The zero-order valence-electron chi connectivity index (χ0n) is 19.5. The minimum absolute atomic E-state index is 0.169. The largest absolute Gasteiger partial charge is 0.478 e. The van der Waals surface area contributed by atoms with Crippen LogP contribution in [-0.2, 0) is 0 Å². The molecule has 1 fully saturated rings. The van der Waals surface area contributed by atoms with Crippen LogP contribution in [0.1, 0.15) is 35.4 Å². The fraction of sp³-hybridized carbons (Fsp3) is 0.192. The summed E-state index contributed by atoms with van der Waals surface area (Å²) in [6.07, 6.45) is 4.88. The average molecular weight is 484 g/mol. The molecule has 0 bridgehead atoms. The number of hydrogen-bond acceptors (Lipinski definition) is 9. The van der Waals surface area contributed by atoms with E-state index in [1.54, 1.807) is 30.3 Å². The Balaban J connectivity index is 1.35. The van der Waals surface area contributed by atoms with Crippen molar-refractivity contribution in [1.82, 2.24) is 15.0 Å². The number of anilines is 4. The maximum atomic E-state index is 11.5. The zero-order valence-corrected chi connectivity index (χ0v) is 19.5. The summed E-state index contributed by atoms with van der Waals surface area (Å²) in [7, 11) is 0. The molecule has 1 saturated heterocycles. The number of nitrogens with zero attached hydrogens (tertiary/aromatic N) is 5. The molecule has 3 N–H and O–H groups in total. The van der Waals surface area contributed by atoms with Crippen molar-refractivity contribution < 1.29 is 14.3 Å². The van der Waals surface area contributed by atoms with Gasteiger partial charge in [-0.25, -0.2) is 10.2 Å². The number of furan rings is 1. The number of rotatable bonds is 8. The fourth-order valence-electron chi connectivity index (χ4n) is 3.96. The number of benzene rings is 2. The molecule has 10 nitrogen and oxygen atoms in total. The van der Waals surface area contributed by atoms with Crippen molar-refractivity contribution >= 4 is 35.7 Å². The van der Waals surface area contributed by atoms with Gasteiger partial charge >= 0.3 is 5.97 Å². The number of carboxylic acid groups (broad SMARTS) is 1. The first-order chi connectivity index (χ1) is 17.7. The average Bonchev–Trinajstić information content (AvgIpc) is 3.38. The second-order valence-electron chi connectivity index (χ2n) is 8.24. The van der Waals surface area contributed by atoms with Gasteiger partial charge in [-0.05, 0) is 49.6 Å². The number of hydrazone groups is 1. The zero-order chi connectivity index (χ0) is 24.7. The molecule has 0 unspecified atom stereocenters. The summed E-state index contributed by atoms with van der Waals surface area (Å²) in [5.41, 5.74) is 4.40. The van der Waals surface area contributed by atoms with E-state index in [2.05, 4.69) is 35.7 Å². The molecule has 2 aromatic carbocycles. The molecule has 0 spiro atoms. The van der Waals surface area contributed by atoms with E-state index in [4.69, 9.17) is 4.42 Å². The molecule has 1 aliphatic heterocycles. The van der Waals surface area contributed by atoms with Crippen molar-refractivity contribution in [1.29, 1.82) is 0 Å². The number of nitrogens with one attached hydrogen (secondary N) is 2. The Kier molecular flexibility index (Phi) is 6.83. The van der Waals surface area contributed by atoms with E-state index in [1.165, 1.54) is 18.7 Å². The van der Waals surface area contributed by atoms with Crippen molar-refractivity contribution in [3.05, 3.63) is 78.1 Å². The Hall–Kier alpha value is -4.73. The standard InChI is InChI=1S/C26H25N7O3/c34-23(35)21-12-6-5-11-20(21)22-14-13-19(36-22)17-27-32-25-29-24(28-18-9-3-1-4-10-18)30-26(31-25)33-15-7-2-8-16-33/h1,3-6,9-14,17H,2,7-8,15-16H2,(H,34,35)(H2,28,29,30,31,32). The highest BCUT2D eigenvalue weighted by Crippen LogP contribution is 2.26. The van der Waals surface area contributed by atoms with E-state index < -0.39 is 5.97 Å². The molecule has 36 heavy (non-hydrogen) atoms. The lowest BCUT2D eigenvalue weighted by Gasteiger charge is -2.26. The number of aromatic nitrogens is 3. The lowest BCUT2D eigenvalue weighted by molar-refractivity contribution is 0.0697. The Labute approximate surface area is 207 Å². The molecule has 1 aliphatic rings. The molecule has 5 rings (SSSR count). The Morgan fingerprint density at radius 3 is 2.47 bits per heavy atom. The predicted octanol–water partition coefficient (Wildman–Crippen LogP) is 5.01. The Bertz CT molecular complexity index is 1360. The second kappa shape index (κ2) is 10.7. The summed E-state index contributed by atoms with van der Waals surface area (Å²) in [5, 5.41) is 16.9. The van der Waals surface area contributed by atoms with Gasteiger partial charge in [0.05, 0.1) is 11.8 Å². The van der Waals surface area contributed by atoms with E-state index in [0.717, 1.165) is 31.6 Å². The number of para-hydroxylation sites is 1. The summed E-state index contributed by atoms with van der Waals surface area (Å²) in [6.45, 7) is 1.79. The number of carbonyl (C=O) groups is 1. The number of aromatic carboxylic acids is 1. The summed E-state index contributed by atoms with van der Waals surface area (Å²) < 4.78 is 5.79. The normalized spacial score (nSPS) is 13.6. The minimum Gasteiger partial charge on any atom is -0.478 e. The molecule has 0 saturated carbocycles. The summed E-state index contributed by atoms with van der Waals surface area (Å²) in [5.74, 6) is 1.18. The summed E-state index contributed by atoms with van der Waals surface area (Å²) in [4.78, 5) is 27.3. The highest BCUT2D eigenvalue weighted by Gasteiger charge is 2.17. The minimum atomic E-state index is -1.02. The van der Waals surface area contributed by atoms with Crippen LogP contribution < -0.4 is 15.6 Å². The van der Waals surface area contributed by atoms with Gasteiger partial charge in [-0.1, -0.05) is 36.4 Å². The van der Waals surface area contributed by atoms with Gasteiger partial charge in [0.2, 0.25) is 17.8 Å². The van der Waals surface area contributed by atoms with Crippen molar-refractivity contribution in [2.75, 3.05) is 28.7 Å². The third-order valence-corrected chi connectivity index (χ3v) is 5.70. The van der Waals surface area contributed by atoms with Crippen LogP contribution in [0.3, 0.4) is 0 Å². The van der Waals surface area contributed by atoms with E-state index in [1.807, 2.05) is 30.3 Å². The van der Waals surface area contributed by atoms with Crippen LogP contribution in [0.4, 0.5) is 23.5 Å². The van der Waals surface area contributed by atoms with Gasteiger partial charge in [0.1, 0.15) is 11.5 Å². The third kappa shape index (κ3) is 5.49. The molecule has 4 aromatic rings. The van der Waals surface area contributed by atoms with Crippen LogP contribution >= 0.6 is 0 Å². The lowest BCUT2D eigenvalue weighted by atomic mass is 10.1.